The summed E-state index contributed by atoms with van der Waals surface area (Å²) in [6.07, 6.45) is 1.44. The molecule has 4 nitrogen and oxygen atoms in total. The monoisotopic (exact) mass is 314 g/mol. The molecule has 124 valence electrons. The third kappa shape index (κ3) is 3.16. The van der Waals surface area contributed by atoms with E-state index in [0.717, 1.165) is 34.6 Å². The van der Waals surface area contributed by atoms with Crippen LogP contribution in [-0.2, 0) is 17.6 Å². The zero-order chi connectivity index (χ0) is 17.1. The van der Waals surface area contributed by atoms with Crippen LogP contribution in [0, 0.1) is 20.8 Å². The van der Waals surface area contributed by atoms with Crippen LogP contribution in [0.5, 0.6) is 0 Å². The Balaban J connectivity index is 2.72. The first-order valence-corrected chi connectivity index (χ1v) is 8.30. The van der Waals surface area contributed by atoms with Crippen molar-refractivity contribution in [2.45, 2.75) is 54.4 Å². The Morgan fingerprint density at radius 2 is 1.70 bits per heavy atom. The van der Waals surface area contributed by atoms with E-state index >= 15 is 0 Å². The van der Waals surface area contributed by atoms with E-state index in [1.807, 2.05) is 18.5 Å². The fourth-order valence-corrected chi connectivity index (χ4v) is 3.21. The number of ether oxygens (including phenoxy) is 1. The number of nitrogens with zero attached hydrogens (tertiary/aromatic N) is 2. The topological polar surface area (TPSA) is 44.1 Å². The van der Waals surface area contributed by atoms with Gasteiger partial charge >= 0.3 is 5.97 Å². The molecule has 0 aliphatic heterocycles. The van der Waals surface area contributed by atoms with Crippen molar-refractivity contribution in [3.8, 4) is 5.69 Å². The number of carbonyl (C=O) groups is 1. The molecule has 0 amide bonds. The van der Waals surface area contributed by atoms with Crippen molar-refractivity contribution in [2.75, 3.05) is 6.61 Å². The van der Waals surface area contributed by atoms with Gasteiger partial charge in [-0.15, -0.1) is 0 Å². The normalized spacial score (nSPS) is 10.9. The van der Waals surface area contributed by atoms with Crippen LogP contribution in [0.15, 0.2) is 12.1 Å². The minimum absolute atomic E-state index is 0.269. The Labute approximate surface area is 138 Å². The maximum absolute atomic E-state index is 12.4. The van der Waals surface area contributed by atoms with Crippen LogP contribution in [0.3, 0.4) is 0 Å². The van der Waals surface area contributed by atoms with Gasteiger partial charge in [0.2, 0.25) is 0 Å². The first-order valence-electron chi connectivity index (χ1n) is 8.30. The van der Waals surface area contributed by atoms with Gasteiger partial charge in [0.25, 0.3) is 0 Å². The largest absolute Gasteiger partial charge is 0.462 e. The second-order valence-corrected chi connectivity index (χ2v) is 5.86. The molecule has 23 heavy (non-hydrogen) atoms. The first-order chi connectivity index (χ1) is 10.9. The lowest BCUT2D eigenvalue weighted by molar-refractivity contribution is 0.0524. The second-order valence-electron chi connectivity index (χ2n) is 5.86. The standard InChI is InChI=1S/C19H26N2O2/c1-7-15-17(19(22)23-9-3)16(8-2)21(20-15)18-13(5)10-12(4)11-14(18)6/h10-11H,7-9H2,1-6H3. The number of hydrogen-bond acceptors (Lipinski definition) is 3. The number of benzene rings is 1. The summed E-state index contributed by atoms with van der Waals surface area (Å²) in [6.45, 7) is 12.5. The van der Waals surface area contributed by atoms with Gasteiger partial charge in [0.1, 0.15) is 5.56 Å². The van der Waals surface area contributed by atoms with Crippen molar-refractivity contribution in [1.29, 1.82) is 0 Å². The van der Waals surface area contributed by atoms with Gasteiger partial charge in [0.15, 0.2) is 0 Å². The van der Waals surface area contributed by atoms with Crippen LogP contribution >= 0.6 is 0 Å². The van der Waals surface area contributed by atoms with E-state index in [1.54, 1.807) is 0 Å². The molecule has 0 fully saturated rings. The van der Waals surface area contributed by atoms with E-state index in [-0.39, 0.29) is 5.97 Å². The number of aromatic nitrogens is 2. The van der Waals surface area contributed by atoms with Crippen molar-refractivity contribution in [3.05, 3.63) is 45.8 Å². The van der Waals surface area contributed by atoms with Crippen LogP contribution in [0.25, 0.3) is 5.69 Å². The van der Waals surface area contributed by atoms with Crippen LogP contribution in [0.4, 0.5) is 0 Å². The minimum atomic E-state index is -0.269. The average Bonchev–Trinajstić information content (AvgIpc) is 2.84. The maximum atomic E-state index is 12.4. The average molecular weight is 314 g/mol. The van der Waals surface area contributed by atoms with Gasteiger partial charge in [-0.2, -0.15) is 5.10 Å². The summed E-state index contributed by atoms with van der Waals surface area (Å²) in [5.41, 5.74) is 7.00. The van der Waals surface area contributed by atoms with E-state index in [4.69, 9.17) is 9.84 Å². The molecule has 0 spiro atoms. The maximum Gasteiger partial charge on any atom is 0.341 e. The Morgan fingerprint density at radius 3 is 2.17 bits per heavy atom. The summed E-state index contributed by atoms with van der Waals surface area (Å²) >= 11 is 0. The summed E-state index contributed by atoms with van der Waals surface area (Å²) in [5, 5.41) is 4.74. The molecule has 1 aromatic heterocycles. The summed E-state index contributed by atoms with van der Waals surface area (Å²) in [6, 6.07) is 4.30. The molecule has 0 radical (unpaired) electrons. The predicted molar refractivity (Wildman–Crippen MR) is 92.5 cm³/mol. The van der Waals surface area contributed by atoms with Gasteiger partial charge in [0, 0.05) is 0 Å². The molecule has 0 unspecified atom stereocenters. The number of hydrogen-bond donors (Lipinski definition) is 0. The van der Waals surface area contributed by atoms with Gasteiger partial charge in [-0.1, -0.05) is 31.5 Å². The molecule has 0 atom stereocenters. The molecule has 4 heteroatoms. The third-order valence-electron chi connectivity index (χ3n) is 4.05. The smallest absolute Gasteiger partial charge is 0.341 e. The van der Waals surface area contributed by atoms with Crippen molar-refractivity contribution in [2.24, 2.45) is 0 Å². The quantitative estimate of drug-likeness (QED) is 0.780. The fraction of sp³-hybridized carbons (Fsp3) is 0.474. The number of esters is 1. The summed E-state index contributed by atoms with van der Waals surface area (Å²) in [4.78, 5) is 12.4. The molecule has 0 bridgehead atoms. The van der Waals surface area contributed by atoms with Gasteiger partial charge in [-0.3, -0.25) is 0 Å². The number of carbonyl (C=O) groups excluding carboxylic acids is 1. The van der Waals surface area contributed by atoms with Crippen molar-refractivity contribution in [1.82, 2.24) is 9.78 Å². The lowest BCUT2D eigenvalue weighted by Gasteiger charge is -2.14. The van der Waals surface area contributed by atoms with Crippen LogP contribution in [0.1, 0.15) is 59.2 Å². The Bertz CT molecular complexity index is 706. The Kier molecular flexibility index (Phi) is 5.24. The van der Waals surface area contributed by atoms with E-state index in [2.05, 4.69) is 39.8 Å². The number of rotatable bonds is 5. The van der Waals surface area contributed by atoms with E-state index in [0.29, 0.717) is 18.6 Å². The van der Waals surface area contributed by atoms with Crippen LogP contribution in [-0.4, -0.2) is 22.4 Å². The van der Waals surface area contributed by atoms with E-state index in [9.17, 15) is 4.79 Å². The SMILES string of the molecule is CCOC(=O)c1c(CC)nn(-c2c(C)cc(C)cc2C)c1CC. The molecule has 0 N–H and O–H groups in total. The van der Waals surface area contributed by atoms with Crippen LogP contribution in [0.2, 0.25) is 0 Å². The van der Waals surface area contributed by atoms with Gasteiger partial charge < -0.3 is 4.74 Å². The minimum Gasteiger partial charge on any atom is -0.462 e. The van der Waals surface area contributed by atoms with E-state index in [1.165, 1.54) is 5.56 Å². The molecule has 2 aromatic rings. The Morgan fingerprint density at radius 1 is 1.09 bits per heavy atom. The lowest BCUT2D eigenvalue weighted by Crippen LogP contribution is -2.11. The van der Waals surface area contributed by atoms with Gasteiger partial charge in [-0.25, -0.2) is 9.48 Å². The zero-order valence-corrected chi connectivity index (χ0v) is 15.0. The Hall–Kier alpha value is -2.10. The third-order valence-corrected chi connectivity index (χ3v) is 4.05. The highest BCUT2D eigenvalue weighted by atomic mass is 16.5. The van der Waals surface area contributed by atoms with Crippen LogP contribution < -0.4 is 0 Å². The van der Waals surface area contributed by atoms with Crippen molar-refractivity contribution < 1.29 is 9.53 Å². The molecular formula is C19H26N2O2. The second kappa shape index (κ2) is 6.99. The lowest BCUT2D eigenvalue weighted by atomic mass is 10.0. The number of aryl methyl sites for hydroxylation is 4. The first kappa shape index (κ1) is 17.3. The summed E-state index contributed by atoms with van der Waals surface area (Å²) in [5.74, 6) is -0.269. The zero-order valence-electron chi connectivity index (χ0n) is 15.0. The van der Waals surface area contributed by atoms with Crippen molar-refractivity contribution >= 4 is 5.97 Å². The fourth-order valence-electron chi connectivity index (χ4n) is 3.21. The summed E-state index contributed by atoms with van der Waals surface area (Å²) < 4.78 is 7.19. The predicted octanol–water partition coefficient (Wildman–Crippen LogP) is 4.10. The van der Waals surface area contributed by atoms with Gasteiger partial charge in [-0.05, 0) is 51.7 Å². The highest BCUT2D eigenvalue weighted by Gasteiger charge is 2.24. The highest BCUT2D eigenvalue weighted by Crippen LogP contribution is 2.26. The molecule has 0 saturated heterocycles. The summed E-state index contributed by atoms with van der Waals surface area (Å²) in [7, 11) is 0. The highest BCUT2D eigenvalue weighted by molar-refractivity contribution is 5.92. The molecule has 0 aliphatic carbocycles. The molecular weight excluding hydrogens is 288 g/mol. The molecule has 2 rings (SSSR count). The van der Waals surface area contributed by atoms with Gasteiger partial charge in [0.05, 0.1) is 23.7 Å². The molecule has 1 heterocycles. The molecule has 0 saturated carbocycles. The molecule has 0 aliphatic rings. The van der Waals surface area contributed by atoms with Crippen molar-refractivity contribution in [3.63, 3.8) is 0 Å². The molecule has 1 aromatic carbocycles. The van der Waals surface area contributed by atoms with E-state index < -0.39 is 0 Å².